The number of piperidine rings is 1. The molecule has 5 nitrogen and oxygen atoms in total. The molecule has 0 unspecified atom stereocenters. The summed E-state index contributed by atoms with van der Waals surface area (Å²) in [5.74, 6) is 2.04. The molecular formula is C30H29F3N4O. The molecule has 1 aliphatic heterocycles. The molecule has 2 aliphatic carbocycles. The van der Waals surface area contributed by atoms with E-state index in [-0.39, 0.29) is 16.9 Å². The molecule has 3 heterocycles. The maximum Gasteiger partial charge on any atom is 0.417 e. The van der Waals surface area contributed by atoms with Crippen LogP contribution >= 0.6 is 0 Å². The topological polar surface area (TPSA) is 47.1 Å². The molecule has 2 fully saturated rings. The van der Waals surface area contributed by atoms with Crippen LogP contribution < -0.4 is 4.90 Å². The molecule has 1 saturated carbocycles. The lowest BCUT2D eigenvalue weighted by Crippen LogP contribution is -2.42. The highest BCUT2D eigenvalue weighted by Crippen LogP contribution is 2.56. The molecule has 2 aromatic carbocycles. The lowest BCUT2D eigenvalue weighted by atomic mass is 9.63. The van der Waals surface area contributed by atoms with E-state index in [0.717, 1.165) is 79.5 Å². The Kier molecular flexibility index (Phi) is 5.10. The number of aryl methyl sites for hydroxylation is 2. The van der Waals surface area contributed by atoms with Crippen molar-refractivity contribution in [2.24, 2.45) is 12.5 Å². The molecule has 4 aromatic rings. The smallest absolute Gasteiger partial charge is 0.360 e. The van der Waals surface area contributed by atoms with Gasteiger partial charge >= 0.3 is 6.18 Å². The SMILES string of the molecule is Cc1ccc2c(N3CCC4(C=C(c5c(-c6ccccc6C(F)(F)F)noc5C5CC5)C4)CC3)nn(C)c2c1. The summed E-state index contributed by atoms with van der Waals surface area (Å²) in [5.41, 5.74) is 4.04. The van der Waals surface area contributed by atoms with Crippen LogP contribution in [0.4, 0.5) is 19.0 Å². The lowest BCUT2D eigenvalue weighted by molar-refractivity contribution is -0.137. The molecule has 7 rings (SSSR count). The molecule has 3 aliphatic rings. The van der Waals surface area contributed by atoms with Crippen molar-refractivity contribution in [2.45, 2.75) is 51.1 Å². The molecule has 0 bridgehead atoms. The van der Waals surface area contributed by atoms with E-state index in [2.05, 4.69) is 41.3 Å². The van der Waals surface area contributed by atoms with Crippen LogP contribution in [0.1, 0.15) is 60.5 Å². The van der Waals surface area contributed by atoms with Crippen molar-refractivity contribution >= 4 is 22.3 Å². The largest absolute Gasteiger partial charge is 0.417 e. The van der Waals surface area contributed by atoms with Crippen molar-refractivity contribution in [3.63, 3.8) is 0 Å². The maximum absolute atomic E-state index is 13.8. The monoisotopic (exact) mass is 518 g/mol. The summed E-state index contributed by atoms with van der Waals surface area (Å²) in [6.07, 6.45) is 2.63. The van der Waals surface area contributed by atoms with Crippen molar-refractivity contribution in [3.8, 4) is 11.3 Å². The quantitative estimate of drug-likeness (QED) is 0.281. The molecule has 2 aromatic heterocycles. The number of rotatable bonds is 4. The Morgan fingerprint density at radius 3 is 2.50 bits per heavy atom. The van der Waals surface area contributed by atoms with Gasteiger partial charge in [-0.2, -0.15) is 18.3 Å². The Labute approximate surface area is 218 Å². The average Bonchev–Trinajstić information content (AvgIpc) is 3.55. The maximum atomic E-state index is 13.8. The Morgan fingerprint density at radius 2 is 1.79 bits per heavy atom. The number of allylic oxidation sites excluding steroid dienone is 2. The number of aromatic nitrogens is 3. The van der Waals surface area contributed by atoms with Gasteiger partial charge in [-0.3, -0.25) is 4.68 Å². The summed E-state index contributed by atoms with van der Waals surface area (Å²) >= 11 is 0. The zero-order valence-corrected chi connectivity index (χ0v) is 21.5. The van der Waals surface area contributed by atoms with Crippen LogP contribution in [-0.2, 0) is 13.2 Å². The minimum Gasteiger partial charge on any atom is -0.360 e. The summed E-state index contributed by atoms with van der Waals surface area (Å²) in [7, 11) is 1.99. The van der Waals surface area contributed by atoms with Gasteiger partial charge in [0.25, 0.3) is 0 Å². The molecule has 1 spiro atoms. The van der Waals surface area contributed by atoms with Gasteiger partial charge < -0.3 is 9.42 Å². The normalized spacial score (nSPS) is 19.2. The van der Waals surface area contributed by atoms with Crippen LogP contribution in [0.25, 0.3) is 27.7 Å². The van der Waals surface area contributed by atoms with Gasteiger partial charge in [0.2, 0.25) is 0 Å². The highest BCUT2D eigenvalue weighted by atomic mass is 19.4. The second kappa shape index (κ2) is 8.22. The standard InChI is InChI=1S/C30H29F3N4O/c1-18-7-10-22-24(15-18)36(2)34-28(22)37-13-11-29(12-14-37)16-20(17-29)25-26(35-38-27(25)19-8-9-19)21-5-3-4-6-23(21)30(31,32)33/h3-7,10,15-16,19H,8-9,11-14,17H2,1-2H3. The van der Waals surface area contributed by atoms with Gasteiger partial charge in [-0.15, -0.1) is 0 Å². The first-order valence-electron chi connectivity index (χ1n) is 13.3. The van der Waals surface area contributed by atoms with Crippen molar-refractivity contribution < 1.29 is 17.7 Å². The van der Waals surface area contributed by atoms with Crippen LogP contribution in [0.2, 0.25) is 0 Å². The molecule has 38 heavy (non-hydrogen) atoms. The van der Waals surface area contributed by atoms with E-state index in [1.807, 2.05) is 11.7 Å². The first kappa shape index (κ1) is 23.6. The van der Waals surface area contributed by atoms with Crippen LogP contribution in [0.15, 0.2) is 53.1 Å². The molecule has 196 valence electrons. The summed E-state index contributed by atoms with van der Waals surface area (Å²) in [6.45, 7) is 3.88. The Bertz CT molecular complexity index is 1580. The van der Waals surface area contributed by atoms with E-state index in [1.54, 1.807) is 6.07 Å². The van der Waals surface area contributed by atoms with Crippen molar-refractivity contribution in [1.82, 2.24) is 14.9 Å². The van der Waals surface area contributed by atoms with Gasteiger partial charge in [0.05, 0.1) is 11.1 Å². The van der Waals surface area contributed by atoms with E-state index < -0.39 is 11.7 Å². The number of halogens is 3. The van der Waals surface area contributed by atoms with E-state index in [4.69, 9.17) is 9.62 Å². The van der Waals surface area contributed by atoms with Gasteiger partial charge in [-0.25, -0.2) is 0 Å². The number of hydrogen-bond donors (Lipinski definition) is 0. The first-order valence-corrected chi connectivity index (χ1v) is 13.3. The molecule has 0 radical (unpaired) electrons. The molecule has 0 atom stereocenters. The Balaban J connectivity index is 1.18. The number of hydrogen-bond acceptors (Lipinski definition) is 4. The van der Waals surface area contributed by atoms with E-state index in [0.29, 0.717) is 5.69 Å². The zero-order valence-electron chi connectivity index (χ0n) is 21.5. The minimum absolute atomic E-state index is 0.0614. The third-order valence-corrected chi connectivity index (χ3v) is 8.54. The van der Waals surface area contributed by atoms with Crippen LogP contribution in [0.3, 0.4) is 0 Å². The Morgan fingerprint density at radius 1 is 1.05 bits per heavy atom. The van der Waals surface area contributed by atoms with Gasteiger partial charge in [0.15, 0.2) is 5.82 Å². The second-order valence-electron chi connectivity index (χ2n) is 11.3. The number of fused-ring (bicyclic) bond motifs is 1. The van der Waals surface area contributed by atoms with Gasteiger partial charge in [-0.1, -0.05) is 35.5 Å². The molecule has 1 saturated heterocycles. The van der Waals surface area contributed by atoms with Crippen LogP contribution in [-0.4, -0.2) is 28.0 Å². The molecule has 0 N–H and O–H groups in total. The average molecular weight is 519 g/mol. The number of anilines is 1. The molecular weight excluding hydrogens is 489 g/mol. The van der Waals surface area contributed by atoms with Gasteiger partial charge in [0, 0.05) is 42.6 Å². The van der Waals surface area contributed by atoms with Crippen LogP contribution in [0, 0.1) is 12.3 Å². The van der Waals surface area contributed by atoms with E-state index >= 15 is 0 Å². The Hall–Kier alpha value is -3.55. The summed E-state index contributed by atoms with van der Waals surface area (Å²) < 4.78 is 49.2. The number of benzene rings is 2. The predicted molar refractivity (Wildman–Crippen MR) is 141 cm³/mol. The number of nitrogens with zero attached hydrogens (tertiary/aromatic N) is 4. The fraction of sp³-hybridized carbons (Fsp3) is 0.400. The predicted octanol–water partition coefficient (Wildman–Crippen LogP) is 7.51. The summed E-state index contributed by atoms with van der Waals surface area (Å²) in [4.78, 5) is 2.37. The van der Waals surface area contributed by atoms with Gasteiger partial charge in [-0.05, 0) is 73.8 Å². The number of alkyl halides is 3. The van der Waals surface area contributed by atoms with Crippen molar-refractivity contribution in [2.75, 3.05) is 18.0 Å². The minimum atomic E-state index is -4.46. The fourth-order valence-corrected chi connectivity index (χ4v) is 6.31. The highest BCUT2D eigenvalue weighted by molar-refractivity contribution is 5.91. The lowest BCUT2D eigenvalue weighted by Gasteiger charge is -2.46. The van der Waals surface area contributed by atoms with Crippen LogP contribution in [0.5, 0.6) is 0 Å². The summed E-state index contributed by atoms with van der Waals surface area (Å²) in [5, 5.41) is 10.2. The first-order chi connectivity index (χ1) is 18.2. The van der Waals surface area contributed by atoms with E-state index in [1.165, 1.54) is 23.1 Å². The zero-order chi connectivity index (χ0) is 26.2. The van der Waals surface area contributed by atoms with Crippen molar-refractivity contribution in [1.29, 1.82) is 0 Å². The van der Waals surface area contributed by atoms with Gasteiger partial charge in [0.1, 0.15) is 11.5 Å². The fourth-order valence-electron chi connectivity index (χ4n) is 6.31. The van der Waals surface area contributed by atoms with E-state index in [9.17, 15) is 13.2 Å². The second-order valence-corrected chi connectivity index (χ2v) is 11.3. The molecule has 8 heteroatoms. The third-order valence-electron chi connectivity index (χ3n) is 8.54. The van der Waals surface area contributed by atoms with Crippen molar-refractivity contribution in [3.05, 3.63) is 71.0 Å². The highest BCUT2D eigenvalue weighted by Gasteiger charge is 2.45. The third kappa shape index (κ3) is 3.76. The summed E-state index contributed by atoms with van der Waals surface area (Å²) in [6, 6.07) is 12.1. The molecule has 0 amide bonds.